The summed E-state index contributed by atoms with van der Waals surface area (Å²) in [6, 6.07) is 83.6. The van der Waals surface area contributed by atoms with Crippen LogP contribution in [0, 0.1) is 0 Å². The first-order valence-corrected chi connectivity index (χ1v) is 23.5. The van der Waals surface area contributed by atoms with Gasteiger partial charge in [-0.1, -0.05) is 157 Å². The number of anilines is 3. The molecule has 0 unspecified atom stereocenters. The molecule has 6 heteroatoms. The summed E-state index contributed by atoms with van der Waals surface area (Å²) in [6.45, 7) is 0. The van der Waals surface area contributed by atoms with E-state index in [0.29, 0.717) is 11.8 Å². The third-order valence-corrected chi connectivity index (χ3v) is 13.9. The van der Waals surface area contributed by atoms with Crippen LogP contribution >= 0.6 is 11.8 Å². The van der Waals surface area contributed by atoms with Crippen LogP contribution < -0.4 is 4.90 Å². The fourth-order valence-electron chi connectivity index (χ4n) is 9.60. The zero-order chi connectivity index (χ0) is 45.0. The average molecular weight is 890 g/mol. The molecule has 12 aromatic rings. The summed E-state index contributed by atoms with van der Waals surface area (Å²) in [6.07, 6.45) is 0. The van der Waals surface area contributed by atoms with E-state index in [1.54, 1.807) is 0 Å². The molecule has 0 bridgehead atoms. The fraction of sp³-hybridized carbons (Fsp3) is 0. The predicted octanol–water partition coefficient (Wildman–Crippen LogP) is 17.6. The van der Waals surface area contributed by atoms with Crippen molar-refractivity contribution in [3.8, 4) is 78.5 Å². The molecule has 1 aliphatic rings. The molecule has 0 atom stereocenters. The molecule has 320 valence electrons. The average Bonchev–Trinajstić information content (AvgIpc) is 4.06. The van der Waals surface area contributed by atoms with E-state index in [4.69, 9.17) is 18.8 Å². The van der Waals surface area contributed by atoms with Crippen LogP contribution in [0.15, 0.2) is 255 Å². The zero-order valence-corrected chi connectivity index (χ0v) is 37.4. The van der Waals surface area contributed by atoms with Gasteiger partial charge in [0.25, 0.3) is 0 Å². The number of fused-ring (bicyclic) bond motifs is 4. The Hall–Kier alpha value is -8.71. The largest absolute Gasteiger partial charge is 0.436 e. The van der Waals surface area contributed by atoms with E-state index in [1.807, 2.05) is 60.3 Å². The summed E-state index contributed by atoms with van der Waals surface area (Å²) in [4.78, 5) is 14.6. The van der Waals surface area contributed by atoms with Gasteiger partial charge in [-0.25, -0.2) is 9.97 Å². The van der Waals surface area contributed by atoms with Crippen LogP contribution in [0.2, 0.25) is 0 Å². The summed E-state index contributed by atoms with van der Waals surface area (Å²) < 4.78 is 12.5. The van der Waals surface area contributed by atoms with Gasteiger partial charge in [0.2, 0.25) is 11.8 Å². The van der Waals surface area contributed by atoms with Gasteiger partial charge in [-0.15, -0.1) is 0 Å². The van der Waals surface area contributed by atoms with Crippen LogP contribution in [0.3, 0.4) is 0 Å². The normalized spacial score (nSPS) is 12.0. The lowest BCUT2D eigenvalue weighted by atomic mass is 9.78. The second kappa shape index (κ2) is 16.6. The van der Waals surface area contributed by atoms with Crippen LogP contribution in [-0.2, 0) is 0 Å². The van der Waals surface area contributed by atoms with Gasteiger partial charge in [0.1, 0.15) is 11.0 Å². The van der Waals surface area contributed by atoms with E-state index in [1.165, 1.54) is 9.79 Å². The van der Waals surface area contributed by atoms with Crippen molar-refractivity contribution in [2.24, 2.45) is 0 Å². The van der Waals surface area contributed by atoms with E-state index in [9.17, 15) is 0 Å². The van der Waals surface area contributed by atoms with Crippen LogP contribution in [0.4, 0.5) is 17.1 Å². The van der Waals surface area contributed by atoms with Gasteiger partial charge in [0.05, 0.1) is 11.4 Å². The maximum atomic E-state index is 6.29. The summed E-state index contributed by atoms with van der Waals surface area (Å²) in [7, 11) is 0. The highest BCUT2D eigenvalue weighted by atomic mass is 32.2. The Bertz CT molecular complexity index is 3710. The number of hydrogen-bond donors (Lipinski definition) is 0. The Morgan fingerprint density at radius 1 is 0.324 bits per heavy atom. The monoisotopic (exact) mass is 889 g/mol. The number of benzene rings is 10. The van der Waals surface area contributed by atoms with Gasteiger partial charge in [-0.2, -0.15) is 0 Å². The van der Waals surface area contributed by atoms with Crippen molar-refractivity contribution < 1.29 is 8.83 Å². The molecule has 0 radical (unpaired) electrons. The third-order valence-electron chi connectivity index (χ3n) is 12.8. The van der Waals surface area contributed by atoms with E-state index in [-0.39, 0.29) is 0 Å². The highest BCUT2D eigenvalue weighted by Crippen LogP contribution is 2.54. The number of oxazole rings is 2. The van der Waals surface area contributed by atoms with Gasteiger partial charge in [0, 0.05) is 26.6 Å². The van der Waals surface area contributed by atoms with Crippen molar-refractivity contribution in [1.82, 2.24) is 9.97 Å². The topological polar surface area (TPSA) is 55.3 Å². The van der Waals surface area contributed by atoms with Crippen molar-refractivity contribution in [3.63, 3.8) is 0 Å². The Morgan fingerprint density at radius 2 is 0.750 bits per heavy atom. The first-order valence-electron chi connectivity index (χ1n) is 22.7. The molecular weight excluding hydrogens is 851 g/mol. The molecule has 0 N–H and O–H groups in total. The van der Waals surface area contributed by atoms with E-state index >= 15 is 0 Å². The van der Waals surface area contributed by atoms with Crippen LogP contribution in [0.1, 0.15) is 0 Å². The Kier molecular flexibility index (Phi) is 9.69. The molecule has 0 amide bonds. The van der Waals surface area contributed by atoms with Gasteiger partial charge in [-0.3, -0.25) is 0 Å². The first-order chi connectivity index (χ1) is 33.7. The lowest BCUT2D eigenvalue weighted by molar-refractivity contribution is 0.619. The summed E-state index contributed by atoms with van der Waals surface area (Å²) >= 11 is 1.82. The fourth-order valence-corrected chi connectivity index (χ4v) is 10.7. The third kappa shape index (κ3) is 6.98. The standard InChI is InChI=1S/C62H39N3O2S/c1-3-16-40(17-4-1)48-39-49(41-30-34-44(35-31-41)61-63-50-22-7-11-26-54(50)66-61)59(43-32-36-45(37-33-43)62-64-51-23-8-12-27-55(51)67-62)60(58(48)42-18-5-2-6-19-42)46-20-15-21-47(38-46)65-52-24-9-13-28-56(52)68-57-29-14-10-25-53(57)65/h1-39H. The maximum Gasteiger partial charge on any atom is 0.227 e. The van der Waals surface area contributed by atoms with E-state index < -0.39 is 0 Å². The molecule has 3 heterocycles. The highest BCUT2D eigenvalue weighted by molar-refractivity contribution is 7.99. The molecule has 13 rings (SSSR count). The van der Waals surface area contributed by atoms with E-state index in [2.05, 4.69) is 193 Å². The van der Waals surface area contributed by atoms with Gasteiger partial charge in [0.15, 0.2) is 11.2 Å². The zero-order valence-electron chi connectivity index (χ0n) is 36.6. The Balaban J connectivity index is 1.09. The minimum absolute atomic E-state index is 0.588. The second-order valence-electron chi connectivity index (χ2n) is 16.9. The van der Waals surface area contributed by atoms with Crippen LogP contribution in [0.25, 0.3) is 101 Å². The van der Waals surface area contributed by atoms with Crippen molar-refractivity contribution >= 4 is 51.0 Å². The number of hydrogen-bond acceptors (Lipinski definition) is 6. The molecule has 0 fully saturated rings. The van der Waals surface area contributed by atoms with Crippen LogP contribution in [0.5, 0.6) is 0 Å². The van der Waals surface area contributed by atoms with Crippen LogP contribution in [-0.4, -0.2) is 9.97 Å². The Labute approximate surface area is 397 Å². The number of para-hydroxylation sites is 6. The van der Waals surface area contributed by atoms with Crippen molar-refractivity contribution in [2.45, 2.75) is 9.79 Å². The Morgan fingerprint density at radius 3 is 1.31 bits per heavy atom. The molecule has 2 aromatic heterocycles. The number of rotatable bonds is 8. The SMILES string of the molecule is c1ccc(-c2cc(-c3ccc(-c4nc5ccccc5o4)cc3)c(-c3ccc(-c4nc5ccccc5o4)cc3)c(-c3cccc(N4c5ccccc5Sc5ccccc54)c3)c2-c2ccccc2)cc1. The molecule has 0 aliphatic carbocycles. The number of nitrogens with zero attached hydrogens (tertiary/aromatic N) is 3. The van der Waals surface area contributed by atoms with Crippen molar-refractivity contribution in [2.75, 3.05) is 4.90 Å². The van der Waals surface area contributed by atoms with Gasteiger partial charge >= 0.3 is 0 Å². The maximum absolute atomic E-state index is 6.29. The lowest BCUT2D eigenvalue weighted by Gasteiger charge is -2.33. The predicted molar refractivity (Wildman–Crippen MR) is 278 cm³/mol. The molecule has 5 nitrogen and oxygen atoms in total. The van der Waals surface area contributed by atoms with Gasteiger partial charge < -0.3 is 13.7 Å². The summed E-state index contributed by atoms with van der Waals surface area (Å²) in [5.41, 5.74) is 19.5. The van der Waals surface area contributed by atoms with E-state index in [0.717, 1.165) is 106 Å². The first kappa shape index (κ1) is 39.6. The quantitative estimate of drug-likeness (QED) is 0.151. The molecule has 68 heavy (non-hydrogen) atoms. The second-order valence-corrected chi connectivity index (χ2v) is 18.0. The molecule has 10 aromatic carbocycles. The molecule has 0 saturated carbocycles. The molecule has 0 spiro atoms. The summed E-state index contributed by atoms with van der Waals surface area (Å²) in [5.74, 6) is 1.18. The smallest absolute Gasteiger partial charge is 0.227 e. The molecular formula is C62H39N3O2S. The summed E-state index contributed by atoms with van der Waals surface area (Å²) in [5, 5.41) is 0. The minimum Gasteiger partial charge on any atom is -0.436 e. The minimum atomic E-state index is 0.588. The van der Waals surface area contributed by atoms with Crippen molar-refractivity contribution in [1.29, 1.82) is 0 Å². The molecule has 0 saturated heterocycles. The number of aromatic nitrogens is 2. The molecule has 1 aliphatic heterocycles. The van der Waals surface area contributed by atoms with Gasteiger partial charge in [-0.05, 0) is 147 Å². The van der Waals surface area contributed by atoms with Crippen molar-refractivity contribution in [3.05, 3.63) is 237 Å². The lowest BCUT2D eigenvalue weighted by Crippen LogP contribution is -2.14. The highest BCUT2D eigenvalue weighted by Gasteiger charge is 2.28.